The molecule has 0 aliphatic heterocycles. The van der Waals surface area contributed by atoms with Crippen LogP contribution in [-0.2, 0) is 38.2 Å². The number of imide groups is 1. The second kappa shape index (κ2) is 14.2. The predicted molar refractivity (Wildman–Crippen MR) is 173 cm³/mol. The van der Waals surface area contributed by atoms with Gasteiger partial charge in [-0.25, -0.2) is 0 Å². The maximum atomic E-state index is 12.5. The monoisotopic (exact) mass is 643 g/mol. The molecule has 0 radical (unpaired) electrons. The first-order valence-corrected chi connectivity index (χ1v) is 17.5. The van der Waals surface area contributed by atoms with Crippen molar-refractivity contribution in [1.29, 1.82) is 0 Å². The molecule has 0 heterocycles. The normalized spacial score (nSPS) is 35.2. The minimum absolute atomic E-state index is 0.0193. The van der Waals surface area contributed by atoms with Crippen LogP contribution in [0.2, 0.25) is 0 Å². The molecule has 3 fully saturated rings. The van der Waals surface area contributed by atoms with Gasteiger partial charge in [-0.15, -0.1) is 0 Å². The third kappa shape index (κ3) is 7.38. The highest BCUT2D eigenvalue weighted by molar-refractivity contribution is 5.92. The summed E-state index contributed by atoms with van der Waals surface area (Å²) < 4.78 is 17.8. The summed E-state index contributed by atoms with van der Waals surface area (Å²) in [4.78, 5) is 61.8. The van der Waals surface area contributed by atoms with Crippen LogP contribution in [0.25, 0.3) is 0 Å². The van der Waals surface area contributed by atoms with Crippen LogP contribution in [0.3, 0.4) is 0 Å². The van der Waals surface area contributed by atoms with Gasteiger partial charge in [0, 0.05) is 53.5 Å². The molecule has 0 aromatic heterocycles. The Balaban J connectivity index is 1.57. The lowest BCUT2D eigenvalue weighted by Crippen LogP contribution is -2.52. The van der Waals surface area contributed by atoms with Crippen LogP contribution in [0.1, 0.15) is 120 Å². The molecule has 0 N–H and O–H groups in total. The zero-order chi connectivity index (χ0) is 34.1. The number of fused-ring (bicyclic) bond motifs is 5. The quantitative estimate of drug-likeness (QED) is 0.152. The predicted octanol–water partition coefficient (Wildman–Crippen LogP) is 6.42. The lowest BCUT2D eigenvalue weighted by molar-refractivity contribution is -0.160. The standard InChI is InChI=1S/C37H57NO8/c1-21(20-38(23(3)39)24(4)40)10-13-33(45-26(6)42)22(2)35-34(46-27(7)43)19-32-30-12-11-28-18-29(44-25(5)41)14-16-36(28,8)31(30)15-17-37(32,35)9/h11,21-22,29-35H,10,12-20H2,1-9H3. The van der Waals surface area contributed by atoms with Crippen molar-refractivity contribution in [3.63, 3.8) is 0 Å². The summed E-state index contributed by atoms with van der Waals surface area (Å²) in [7, 11) is 0. The van der Waals surface area contributed by atoms with E-state index in [2.05, 4.69) is 26.8 Å². The molecule has 46 heavy (non-hydrogen) atoms. The van der Waals surface area contributed by atoms with E-state index in [0.29, 0.717) is 37.1 Å². The summed E-state index contributed by atoms with van der Waals surface area (Å²) in [6.45, 7) is 16.5. The van der Waals surface area contributed by atoms with Crippen LogP contribution < -0.4 is 0 Å². The number of amides is 2. The largest absolute Gasteiger partial charge is 0.462 e. The Bertz CT molecular complexity index is 1210. The third-order valence-electron chi connectivity index (χ3n) is 12.5. The maximum Gasteiger partial charge on any atom is 0.302 e. The van der Waals surface area contributed by atoms with Gasteiger partial charge in [0.1, 0.15) is 18.3 Å². The van der Waals surface area contributed by atoms with E-state index in [4.69, 9.17) is 14.2 Å². The van der Waals surface area contributed by atoms with Crippen LogP contribution >= 0.6 is 0 Å². The van der Waals surface area contributed by atoms with Crippen molar-refractivity contribution < 1.29 is 38.2 Å². The van der Waals surface area contributed by atoms with Crippen molar-refractivity contribution in [2.24, 2.45) is 46.3 Å². The minimum atomic E-state index is -0.383. The fourth-order valence-electron chi connectivity index (χ4n) is 10.5. The highest BCUT2D eigenvalue weighted by Crippen LogP contribution is 2.68. The SMILES string of the molecule is CC(=O)OC1CCC2(C)C(=CCC3C2CCC2(C)C3CC(OC(C)=O)C2C(C)C(CCC(C)CN(C(C)=O)C(C)=O)OC(C)=O)C1. The topological polar surface area (TPSA) is 116 Å². The van der Waals surface area contributed by atoms with E-state index >= 15 is 0 Å². The number of hydrogen-bond donors (Lipinski definition) is 0. The van der Waals surface area contributed by atoms with Crippen LogP contribution in [-0.4, -0.2) is 59.5 Å². The minimum Gasteiger partial charge on any atom is -0.462 e. The van der Waals surface area contributed by atoms with Gasteiger partial charge >= 0.3 is 17.9 Å². The third-order valence-corrected chi connectivity index (χ3v) is 12.5. The lowest BCUT2D eigenvalue weighted by Gasteiger charge is -2.58. The molecule has 0 spiro atoms. The summed E-state index contributed by atoms with van der Waals surface area (Å²) in [5, 5.41) is 0. The van der Waals surface area contributed by atoms with Crippen LogP contribution in [0.5, 0.6) is 0 Å². The number of carbonyl (C=O) groups excluding carboxylic acids is 5. The highest BCUT2D eigenvalue weighted by atomic mass is 16.6. The number of ether oxygens (including phenoxy) is 3. The molecule has 0 bridgehead atoms. The Kier molecular flexibility index (Phi) is 11.1. The molecule has 0 saturated heterocycles. The Labute approximate surface area is 275 Å². The van der Waals surface area contributed by atoms with Crippen molar-refractivity contribution in [3.8, 4) is 0 Å². The van der Waals surface area contributed by atoms with Gasteiger partial charge in [-0.05, 0) is 91.8 Å². The first-order chi connectivity index (χ1) is 21.5. The lowest BCUT2D eigenvalue weighted by atomic mass is 9.47. The van der Waals surface area contributed by atoms with Crippen LogP contribution in [0, 0.1) is 46.3 Å². The molecule has 11 unspecified atom stereocenters. The van der Waals surface area contributed by atoms with Gasteiger partial charge in [0.05, 0.1) is 0 Å². The summed E-state index contributed by atoms with van der Waals surface area (Å²) in [5.41, 5.74) is 1.42. The molecule has 11 atom stereocenters. The van der Waals surface area contributed by atoms with Gasteiger partial charge in [0.2, 0.25) is 11.8 Å². The molecular weight excluding hydrogens is 586 g/mol. The molecule has 258 valence electrons. The molecule has 4 aliphatic carbocycles. The van der Waals surface area contributed by atoms with Gasteiger partial charge < -0.3 is 14.2 Å². The number of hydrogen-bond acceptors (Lipinski definition) is 8. The molecule has 3 saturated carbocycles. The highest BCUT2D eigenvalue weighted by Gasteiger charge is 2.63. The fraction of sp³-hybridized carbons (Fsp3) is 0.811. The number of rotatable bonds is 10. The van der Waals surface area contributed by atoms with Crippen molar-refractivity contribution in [2.45, 2.75) is 138 Å². The van der Waals surface area contributed by atoms with E-state index in [0.717, 1.165) is 44.9 Å². The summed E-state index contributed by atoms with van der Waals surface area (Å²) in [6.07, 6.45) is 9.58. The van der Waals surface area contributed by atoms with Crippen molar-refractivity contribution >= 4 is 29.7 Å². The molecule has 0 aromatic rings. The fourth-order valence-corrected chi connectivity index (χ4v) is 10.5. The molecule has 2 amide bonds. The molecular formula is C37H57NO8. The Morgan fingerprint density at radius 1 is 0.870 bits per heavy atom. The second-order valence-corrected chi connectivity index (χ2v) is 15.5. The summed E-state index contributed by atoms with van der Waals surface area (Å²) >= 11 is 0. The van der Waals surface area contributed by atoms with E-state index in [1.807, 2.05) is 6.92 Å². The van der Waals surface area contributed by atoms with E-state index in [9.17, 15) is 24.0 Å². The van der Waals surface area contributed by atoms with Gasteiger partial charge in [-0.1, -0.05) is 39.3 Å². The van der Waals surface area contributed by atoms with Gasteiger partial charge in [0.15, 0.2) is 0 Å². The van der Waals surface area contributed by atoms with Crippen LogP contribution in [0.4, 0.5) is 0 Å². The van der Waals surface area contributed by atoms with E-state index in [1.54, 1.807) is 0 Å². The Morgan fingerprint density at radius 3 is 2.11 bits per heavy atom. The second-order valence-electron chi connectivity index (χ2n) is 15.5. The average molecular weight is 644 g/mol. The maximum absolute atomic E-state index is 12.5. The van der Waals surface area contributed by atoms with E-state index in [-0.39, 0.29) is 76.6 Å². The van der Waals surface area contributed by atoms with Gasteiger partial charge in [-0.3, -0.25) is 28.9 Å². The average Bonchev–Trinajstić information content (AvgIpc) is 3.23. The van der Waals surface area contributed by atoms with Crippen molar-refractivity contribution in [1.82, 2.24) is 4.90 Å². The van der Waals surface area contributed by atoms with Crippen molar-refractivity contribution in [3.05, 3.63) is 11.6 Å². The zero-order valence-electron chi connectivity index (χ0n) is 29.6. The van der Waals surface area contributed by atoms with Crippen LogP contribution in [0.15, 0.2) is 11.6 Å². The molecule has 4 aliphatic rings. The molecule has 9 nitrogen and oxygen atoms in total. The number of carbonyl (C=O) groups is 5. The van der Waals surface area contributed by atoms with Gasteiger partial charge in [-0.2, -0.15) is 0 Å². The Morgan fingerprint density at radius 2 is 1.52 bits per heavy atom. The number of allylic oxidation sites excluding steroid dienone is 1. The van der Waals surface area contributed by atoms with E-state index < -0.39 is 0 Å². The van der Waals surface area contributed by atoms with Crippen molar-refractivity contribution in [2.75, 3.05) is 6.54 Å². The number of nitrogens with zero attached hydrogens (tertiary/aromatic N) is 1. The Hall–Kier alpha value is -2.71. The summed E-state index contributed by atoms with van der Waals surface area (Å²) in [5.74, 6) is -0.0495. The summed E-state index contributed by atoms with van der Waals surface area (Å²) in [6, 6.07) is 0. The first kappa shape index (κ1) is 36.1. The number of esters is 3. The smallest absolute Gasteiger partial charge is 0.302 e. The molecule has 9 heteroatoms. The zero-order valence-corrected chi connectivity index (χ0v) is 29.6. The van der Waals surface area contributed by atoms with Gasteiger partial charge in [0.25, 0.3) is 0 Å². The van der Waals surface area contributed by atoms with E-state index in [1.165, 1.54) is 45.1 Å². The first-order valence-electron chi connectivity index (χ1n) is 17.5. The molecule has 4 rings (SSSR count). The molecule has 0 aromatic carbocycles.